The van der Waals surface area contributed by atoms with Gasteiger partial charge in [-0.05, 0) is 99.8 Å². The largest absolute Gasteiger partial charge is 0.426 e. The van der Waals surface area contributed by atoms with Gasteiger partial charge < -0.3 is 4.74 Å². The molecule has 0 amide bonds. The Balaban J connectivity index is 1.40. The molecule has 2 fully saturated rings. The standard InChI is InChI=1S/C24H33FO2/c1-2-3-4-5-18-6-8-19(9-7-18)20-10-12-21(13-11-20)24(26)27-23-16-14-22(25)15-17-23/h4-5,14-21H,2-3,6-13H2,1H3. The summed E-state index contributed by atoms with van der Waals surface area (Å²) < 4.78 is 18.4. The summed E-state index contributed by atoms with van der Waals surface area (Å²) in [6, 6.07) is 5.69. The van der Waals surface area contributed by atoms with Crippen molar-refractivity contribution in [3.8, 4) is 5.75 Å². The highest BCUT2D eigenvalue weighted by atomic mass is 19.1. The van der Waals surface area contributed by atoms with E-state index >= 15 is 0 Å². The first kappa shape index (κ1) is 20.1. The second-order valence-electron chi connectivity index (χ2n) is 8.38. The molecule has 0 aromatic heterocycles. The first-order chi connectivity index (χ1) is 13.2. The average molecular weight is 373 g/mol. The molecule has 2 nitrogen and oxygen atoms in total. The number of halogens is 1. The van der Waals surface area contributed by atoms with E-state index < -0.39 is 0 Å². The summed E-state index contributed by atoms with van der Waals surface area (Å²) in [5.74, 6) is 2.39. The first-order valence-electron chi connectivity index (χ1n) is 10.8. The topological polar surface area (TPSA) is 26.3 Å². The van der Waals surface area contributed by atoms with Gasteiger partial charge >= 0.3 is 5.97 Å². The number of ether oxygens (including phenoxy) is 1. The molecule has 0 saturated heterocycles. The average Bonchev–Trinajstić information content (AvgIpc) is 2.70. The molecule has 27 heavy (non-hydrogen) atoms. The summed E-state index contributed by atoms with van der Waals surface area (Å²) in [6.45, 7) is 2.23. The third-order valence-corrected chi connectivity index (χ3v) is 6.48. The molecular formula is C24H33FO2. The van der Waals surface area contributed by atoms with Crippen molar-refractivity contribution in [1.29, 1.82) is 0 Å². The van der Waals surface area contributed by atoms with Crippen molar-refractivity contribution in [2.45, 2.75) is 71.1 Å². The van der Waals surface area contributed by atoms with E-state index in [1.807, 2.05) is 0 Å². The van der Waals surface area contributed by atoms with Crippen LogP contribution in [0.1, 0.15) is 71.1 Å². The minimum Gasteiger partial charge on any atom is -0.426 e. The summed E-state index contributed by atoms with van der Waals surface area (Å²) in [5, 5.41) is 0. The predicted molar refractivity (Wildman–Crippen MR) is 107 cm³/mol. The van der Waals surface area contributed by atoms with Crippen molar-refractivity contribution < 1.29 is 13.9 Å². The Morgan fingerprint density at radius 1 is 1.00 bits per heavy atom. The summed E-state index contributed by atoms with van der Waals surface area (Å²) in [5.41, 5.74) is 0. The maximum absolute atomic E-state index is 13.0. The highest BCUT2D eigenvalue weighted by molar-refractivity contribution is 5.75. The molecule has 0 heterocycles. The van der Waals surface area contributed by atoms with E-state index in [-0.39, 0.29) is 17.7 Å². The Hall–Kier alpha value is -1.64. The van der Waals surface area contributed by atoms with Gasteiger partial charge in [0.05, 0.1) is 5.92 Å². The molecule has 0 aliphatic heterocycles. The molecule has 2 aliphatic rings. The van der Waals surface area contributed by atoms with Crippen molar-refractivity contribution in [2.75, 3.05) is 0 Å². The smallest absolute Gasteiger partial charge is 0.314 e. The normalized spacial score (nSPS) is 29.0. The lowest BCUT2D eigenvalue weighted by Gasteiger charge is -2.36. The molecule has 3 heteroatoms. The molecule has 148 valence electrons. The van der Waals surface area contributed by atoms with Crippen molar-refractivity contribution in [3.63, 3.8) is 0 Å². The van der Waals surface area contributed by atoms with E-state index in [1.165, 1.54) is 62.8 Å². The summed E-state index contributed by atoms with van der Waals surface area (Å²) in [6.07, 6.45) is 16.7. The lowest BCUT2D eigenvalue weighted by molar-refractivity contribution is -0.140. The Labute approximate surface area is 163 Å². The van der Waals surface area contributed by atoms with Crippen LogP contribution in [0.4, 0.5) is 4.39 Å². The number of hydrogen-bond acceptors (Lipinski definition) is 2. The molecule has 1 aromatic rings. The first-order valence-corrected chi connectivity index (χ1v) is 10.8. The molecule has 0 bridgehead atoms. The van der Waals surface area contributed by atoms with Crippen molar-refractivity contribution >= 4 is 5.97 Å². The Morgan fingerprint density at radius 2 is 1.59 bits per heavy atom. The van der Waals surface area contributed by atoms with Crippen LogP contribution < -0.4 is 4.74 Å². The van der Waals surface area contributed by atoms with Crippen LogP contribution >= 0.6 is 0 Å². The van der Waals surface area contributed by atoms with E-state index in [4.69, 9.17) is 4.74 Å². The van der Waals surface area contributed by atoms with Gasteiger partial charge in [-0.3, -0.25) is 4.79 Å². The van der Waals surface area contributed by atoms with E-state index in [9.17, 15) is 9.18 Å². The van der Waals surface area contributed by atoms with Crippen molar-refractivity contribution in [2.24, 2.45) is 23.7 Å². The number of rotatable bonds is 6. The van der Waals surface area contributed by atoms with Gasteiger partial charge in [-0.1, -0.05) is 25.5 Å². The quantitative estimate of drug-likeness (QED) is 0.315. The zero-order valence-corrected chi connectivity index (χ0v) is 16.5. The van der Waals surface area contributed by atoms with Crippen LogP contribution in [0.25, 0.3) is 0 Å². The third-order valence-electron chi connectivity index (χ3n) is 6.48. The van der Waals surface area contributed by atoms with Gasteiger partial charge in [-0.25, -0.2) is 4.39 Å². The number of allylic oxidation sites excluding steroid dienone is 2. The van der Waals surface area contributed by atoms with Gasteiger partial charge in [0.15, 0.2) is 0 Å². The highest BCUT2D eigenvalue weighted by Gasteiger charge is 2.33. The molecule has 3 rings (SSSR count). The monoisotopic (exact) mass is 372 g/mol. The molecule has 2 saturated carbocycles. The van der Waals surface area contributed by atoms with Crippen LogP contribution in [0.2, 0.25) is 0 Å². The fourth-order valence-electron chi connectivity index (χ4n) is 4.79. The van der Waals surface area contributed by atoms with Crippen molar-refractivity contribution in [3.05, 3.63) is 42.2 Å². The summed E-state index contributed by atoms with van der Waals surface area (Å²) >= 11 is 0. The second kappa shape index (κ2) is 10.1. The van der Waals surface area contributed by atoms with Crippen LogP contribution in [-0.4, -0.2) is 5.97 Å². The lowest BCUT2D eigenvalue weighted by Crippen LogP contribution is -2.30. The fraction of sp³-hybridized carbons (Fsp3) is 0.625. The molecule has 1 aromatic carbocycles. The number of esters is 1. The Kier molecular flexibility index (Phi) is 7.49. The fourth-order valence-corrected chi connectivity index (χ4v) is 4.79. The number of carbonyl (C=O) groups is 1. The Bertz CT molecular complexity index is 606. The minimum absolute atomic E-state index is 0.000353. The van der Waals surface area contributed by atoms with Crippen LogP contribution in [0.15, 0.2) is 36.4 Å². The van der Waals surface area contributed by atoms with Gasteiger partial charge in [0.2, 0.25) is 0 Å². The molecule has 0 atom stereocenters. The van der Waals surface area contributed by atoms with Crippen LogP contribution in [-0.2, 0) is 4.79 Å². The van der Waals surface area contributed by atoms with Crippen LogP contribution in [0.3, 0.4) is 0 Å². The second-order valence-corrected chi connectivity index (χ2v) is 8.38. The van der Waals surface area contributed by atoms with Gasteiger partial charge in [-0.15, -0.1) is 0 Å². The molecule has 0 unspecified atom stereocenters. The Morgan fingerprint density at radius 3 is 2.19 bits per heavy atom. The molecular weight excluding hydrogens is 339 g/mol. The maximum atomic E-state index is 13.0. The lowest BCUT2D eigenvalue weighted by atomic mass is 9.69. The predicted octanol–water partition coefficient (Wildman–Crippen LogP) is 6.70. The van der Waals surface area contributed by atoms with Crippen LogP contribution in [0.5, 0.6) is 5.75 Å². The van der Waals surface area contributed by atoms with Gasteiger partial charge in [0, 0.05) is 0 Å². The summed E-state index contributed by atoms with van der Waals surface area (Å²) in [4.78, 5) is 12.4. The van der Waals surface area contributed by atoms with Gasteiger partial charge in [-0.2, -0.15) is 0 Å². The molecule has 0 spiro atoms. The maximum Gasteiger partial charge on any atom is 0.314 e. The molecule has 0 N–H and O–H groups in total. The van der Waals surface area contributed by atoms with E-state index in [0.29, 0.717) is 5.75 Å². The van der Waals surface area contributed by atoms with Crippen LogP contribution in [0, 0.1) is 29.5 Å². The van der Waals surface area contributed by atoms with E-state index in [2.05, 4.69) is 19.1 Å². The number of hydrogen-bond donors (Lipinski definition) is 0. The minimum atomic E-state index is -0.314. The zero-order chi connectivity index (χ0) is 19.1. The highest BCUT2D eigenvalue weighted by Crippen LogP contribution is 2.42. The number of unbranched alkanes of at least 4 members (excludes halogenated alkanes) is 1. The SMILES string of the molecule is CCCC=CC1CCC(C2CCC(C(=O)Oc3ccc(F)cc3)CC2)CC1. The number of benzene rings is 1. The van der Waals surface area contributed by atoms with Gasteiger partial charge in [0.25, 0.3) is 0 Å². The van der Waals surface area contributed by atoms with Crippen molar-refractivity contribution in [1.82, 2.24) is 0 Å². The van der Waals surface area contributed by atoms with Gasteiger partial charge in [0.1, 0.15) is 11.6 Å². The molecule has 0 radical (unpaired) electrons. The molecule has 2 aliphatic carbocycles. The number of carbonyl (C=O) groups excluding carboxylic acids is 1. The van der Waals surface area contributed by atoms with E-state index in [0.717, 1.165) is 43.4 Å². The zero-order valence-electron chi connectivity index (χ0n) is 16.5. The van der Waals surface area contributed by atoms with E-state index in [1.54, 1.807) is 0 Å². The third kappa shape index (κ3) is 5.92. The summed E-state index contributed by atoms with van der Waals surface area (Å²) in [7, 11) is 0.